The predicted octanol–water partition coefficient (Wildman–Crippen LogP) is 2.02. The van der Waals surface area contributed by atoms with E-state index in [0.29, 0.717) is 31.3 Å². The molecule has 0 atom stereocenters. The summed E-state index contributed by atoms with van der Waals surface area (Å²) >= 11 is 5.88. The van der Waals surface area contributed by atoms with E-state index >= 15 is 0 Å². The van der Waals surface area contributed by atoms with Gasteiger partial charge in [-0.15, -0.1) is 0 Å². The molecule has 1 aliphatic rings. The molecule has 1 fully saturated rings. The first-order valence-corrected chi connectivity index (χ1v) is 7.59. The summed E-state index contributed by atoms with van der Waals surface area (Å²) in [5.41, 5.74) is 5.68. The van der Waals surface area contributed by atoms with Crippen LogP contribution in [0.3, 0.4) is 0 Å². The van der Waals surface area contributed by atoms with E-state index in [1.54, 1.807) is 11.0 Å². The highest BCUT2D eigenvalue weighted by atomic mass is 35.5. The average molecular weight is 313 g/mol. The lowest BCUT2D eigenvalue weighted by molar-refractivity contribution is 0.00839. The lowest BCUT2D eigenvalue weighted by atomic mass is 10.1. The summed E-state index contributed by atoms with van der Waals surface area (Å²) in [6.07, 6.45) is 2.65. The molecule has 0 radical (unpaired) electrons. The minimum atomic E-state index is -0.185. The first-order valence-electron chi connectivity index (χ1n) is 7.21. The fraction of sp³-hybridized carbons (Fsp3) is 0.533. The number of rotatable bonds is 5. The van der Waals surface area contributed by atoms with Gasteiger partial charge in [0.05, 0.1) is 11.7 Å². The minimum absolute atomic E-state index is 0.0364. The van der Waals surface area contributed by atoms with E-state index in [0.717, 1.165) is 19.3 Å². The Hall–Kier alpha value is -1.30. The molecule has 1 amide bonds. The smallest absolute Gasteiger partial charge is 0.257 e. The van der Waals surface area contributed by atoms with Gasteiger partial charge in [0.2, 0.25) is 0 Å². The molecule has 5 nitrogen and oxygen atoms in total. The minimum Gasteiger partial charge on any atom is -0.507 e. The Kier molecular flexibility index (Phi) is 5.85. The summed E-state index contributed by atoms with van der Waals surface area (Å²) in [7, 11) is 0. The number of nitrogens with two attached hydrogens (primary N) is 1. The largest absolute Gasteiger partial charge is 0.507 e. The van der Waals surface area contributed by atoms with Gasteiger partial charge >= 0.3 is 0 Å². The van der Waals surface area contributed by atoms with Gasteiger partial charge in [-0.2, -0.15) is 0 Å². The summed E-state index contributed by atoms with van der Waals surface area (Å²) in [5.74, 6) is -0.221. The van der Waals surface area contributed by atoms with Crippen LogP contribution < -0.4 is 5.73 Å². The number of phenols is 1. The van der Waals surface area contributed by atoms with E-state index < -0.39 is 0 Å². The quantitative estimate of drug-likeness (QED) is 0.816. The van der Waals surface area contributed by atoms with Gasteiger partial charge in [0, 0.05) is 24.7 Å². The second-order valence-corrected chi connectivity index (χ2v) is 5.60. The molecule has 1 saturated heterocycles. The fourth-order valence-electron chi connectivity index (χ4n) is 2.41. The second-order valence-electron chi connectivity index (χ2n) is 5.17. The number of piperidine rings is 1. The number of ether oxygens (including phenoxy) is 1. The Morgan fingerprint density at radius 2 is 2.14 bits per heavy atom. The number of benzene rings is 1. The molecule has 6 heteroatoms. The van der Waals surface area contributed by atoms with Crippen molar-refractivity contribution in [1.82, 2.24) is 4.90 Å². The summed E-state index contributed by atoms with van der Waals surface area (Å²) in [6, 6.07) is 4.51. The third-order valence-corrected chi connectivity index (χ3v) is 3.86. The zero-order chi connectivity index (χ0) is 15.2. The molecule has 2 rings (SSSR count). The van der Waals surface area contributed by atoms with Crippen LogP contribution in [-0.2, 0) is 4.74 Å². The zero-order valence-electron chi connectivity index (χ0n) is 11.9. The molecule has 0 bridgehead atoms. The predicted molar refractivity (Wildman–Crippen MR) is 81.7 cm³/mol. The number of carbonyl (C=O) groups is 1. The van der Waals surface area contributed by atoms with Crippen molar-refractivity contribution in [3.8, 4) is 5.75 Å². The van der Waals surface area contributed by atoms with Gasteiger partial charge in [0.15, 0.2) is 0 Å². The molecule has 0 spiro atoms. The summed E-state index contributed by atoms with van der Waals surface area (Å²) in [4.78, 5) is 14.1. The van der Waals surface area contributed by atoms with Crippen molar-refractivity contribution in [1.29, 1.82) is 0 Å². The lowest BCUT2D eigenvalue weighted by Crippen LogP contribution is -2.41. The SMILES string of the molecule is NCCCOC1CCN(C(=O)c2cc(Cl)ccc2O)CC1. The molecule has 116 valence electrons. The van der Waals surface area contributed by atoms with Crippen molar-refractivity contribution in [3.05, 3.63) is 28.8 Å². The Balaban J connectivity index is 1.89. The van der Waals surface area contributed by atoms with E-state index in [-0.39, 0.29) is 23.3 Å². The molecule has 21 heavy (non-hydrogen) atoms. The van der Waals surface area contributed by atoms with Gasteiger partial charge in [-0.1, -0.05) is 11.6 Å². The maximum absolute atomic E-state index is 12.4. The van der Waals surface area contributed by atoms with Crippen molar-refractivity contribution < 1.29 is 14.6 Å². The number of halogens is 1. The van der Waals surface area contributed by atoms with Crippen molar-refractivity contribution in [3.63, 3.8) is 0 Å². The fourth-order valence-corrected chi connectivity index (χ4v) is 2.58. The van der Waals surface area contributed by atoms with Crippen LogP contribution in [-0.4, -0.2) is 48.3 Å². The van der Waals surface area contributed by atoms with E-state index in [2.05, 4.69) is 0 Å². The van der Waals surface area contributed by atoms with Crippen molar-refractivity contribution >= 4 is 17.5 Å². The monoisotopic (exact) mass is 312 g/mol. The average Bonchev–Trinajstić information content (AvgIpc) is 2.50. The molecule has 1 aromatic rings. The van der Waals surface area contributed by atoms with Crippen molar-refractivity contribution in [2.75, 3.05) is 26.2 Å². The van der Waals surface area contributed by atoms with Crippen molar-refractivity contribution in [2.24, 2.45) is 5.73 Å². The van der Waals surface area contributed by atoms with Crippen LogP contribution in [0, 0.1) is 0 Å². The number of carbonyl (C=O) groups excluding carboxylic acids is 1. The standard InChI is InChI=1S/C15H21ClN2O3/c16-11-2-3-14(19)13(10-11)15(20)18-7-4-12(5-8-18)21-9-1-6-17/h2-3,10,12,19H,1,4-9,17H2. The molecule has 0 unspecified atom stereocenters. The van der Waals surface area contributed by atoms with Gasteiger partial charge in [0.25, 0.3) is 5.91 Å². The number of amides is 1. The highest BCUT2D eigenvalue weighted by molar-refractivity contribution is 6.31. The number of aromatic hydroxyl groups is 1. The van der Waals surface area contributed by atoms with Gasteiger partial charge in [-0.3, -0.25) is 4.79 Å². The molecule has 1 aliphatic heterocycles. The molecule has 3 N–H and O–H groups in total. The van der Waals surface area contributed by atoms with Gasteiger partial charge in [0.1, 0.15) is 5.75 Å². The number of nitrogens with zero attached hydrogens (tertiary/aromatic N) is 1. The second kappa shape index (κ2) is 7.64. The number of hydrogen-bond acceptors (Lipinski definition) is 4. The normalized spacial score (nSPS) is 16.2. The number of likely N-dealkylation sites (tertiary alicyclic amines) is 1. The molecule has 0 aliphatic carbocycles. The number of hydrogen-bond donors (Lipinski definition) is 2. The van der Waals surface area contributed by atoms with Crippen LogP contribution in [0.1, 0.15) is 29.6 Å². The summed E-state index contributed by atoms with van der Waals surface area (Å²) in [5, 5.41) is 10.2. The van der Waals surface area contributed by atoms with E-state index in [1.807, 2.05) is 0 Å². The Labute approximate surface area is 129 Å². The lowest BCUT2D eigenvalue weighted by Gasteiger charge is -2.32. The molecule has 1 heterocycles. The van der Waals surface area contributed by atoms with Crippen LogP contribution >= 0.6 is 11.6 Å². The van der Waals surface area contributed by atoms with Crippen LogP contribution in [0.5, 0.6) is 5.75 Å². The zero-order valence-corrected chi connectivity index (χ0v) is 12.7. The van der Waals surface area contributed by atoms with Crippen LogP contribution in [0.4, 0.5) is 0 Å². The Morgan fingerprint density at radius 3 is 2.81 bits per heavy atom. The first kappa shape index (κ1) is 16.1. The van der Waals surface area contributed by atoms with Crippen LogP contribution in [0.25, 0.3) is 0 Å². The third kappa shape index (κ3) is 4.33. The number of phenolic OH excluding ortho intramolecular Hbond substituents is 1. The summed E-state index contributed by atoms with van der Waals surface area (Å²) < 4.78 is 5.71. The third-order valence-electron chi connectivity index (χ3n) is 3.62. The maximum Gasteiger partial charge on any atom is 0.257 e. The van der Waals surface area contributed by atoms with Crippen LogP contribution in [0.2, 0.25) is 5.02 Å². The van der Waals surface area contributed by atoms with E-state index in [9.17, 15) is 9.90 Å². The Morgan fingerprint density at radius 1 is 1.43 bits per heavy atom. The van der Waals surface area contributed by atoms with Gasteiger partial charge in [-0.05, 0) is 44.0 Å². The molecule has 1 aromatic carbocycles. The summed E-state index contributed by atoms with van der Waals surface area (Å²) in [6.45, 7) is 2.55. The Bertz CT molecular complexity index is 488. The van der Waals surface area contributed by atoms with E-state index in [1.165, 1.54) is 12.1 Å². The van der Waals surface area contributed by atoms with Gasteiger partial charge in [-0.25, -0.2) is 0 Å². The van der Waals surface area contributed by atoms with Gasteiger partial charge < -0.3 is 20.5 Å². The highest BCUT2D eigenvalue weighted by Gasteiger charge is 2.25. The molecule has 0 aromatic heterocycles. The van der Waals surface area contributed by atoms with Crippen molar-refractivity contribution in [2.45, 2.75) is 25.4 Å². The van der Waals surface area contributed by atoms with Crippen LogP contribution in [0.15, 0.2) is 18.2 Å². The molecular weight excluding hydrogens is 292 g/mol. The highest BCUT2D eigenvalue weighted by Crippen LogP contribution is 2.24. The maximum atomic E-state index is 12.4. The molecular formula is C15H21ClN2O3. The van der Waals surface area contributed by atoms with E-state index in [4.69, 9.17) is 22.1 Å². The molecule has 0 saturated carbocycles. The first-order chi connectivity index (χ1) is 10.1. The topological polar surface area (TPSA) is 75.8 Å².